The van der Waals surface area contributed by atoms with Crippen LogP contribution in [-0.4, -0.2) is 7.05 Å². The normalized spacial score (nSPS) is 13.8. The molecule has 0 aromatic heterocycles. The average molecular weight is 266 g/mol. The maximum absolute atomic E-state index is 6.04. The summed E-state index contributed by atoms with van der Waals surface area (Å²) in [7, 11) is 2.10. The van der Waals surface area contributed by atoms with Crippen LogP contribution in [0.4, 0.5) is 11.4 Å². The third kappa shape index (κ3) is 2.64. The van der Waals surface area contributed by atoms with Gasteiger partial charge in [-0.15, -0.1) is 0 Å². The van der Waals surface area contributed by atoms with Crippen LogP contribution >= 0.6 is 0 Å². The van der Waals surface area contributed by atoms with Crippen molar-refractivity contribution in [2.24, 2.45) is 0 Å². The minimum Gasteiger partial charge on any atom is -0.397 e. The number of nitrogen functional groups attached to an aromatic ring is 1. The van der Waals surface area contributed by atoms with Crippen LogP contribution < -0.4 is 10.6 Å². The third-order valence-corrected chi connectivity index (χ3v) is 4.18. The van der Waals surface area contributed by atoms with Crippen molar-refractivity contribution in [2.75, 3.05) is 17.7 Å². The molecule has 20 heavy (non-hydrogen) atoms. The van der Waals surface area contributed by atoms with Crippen LogP contribution in [0.25, 0.3) is 0 Å². The van der Waals surface area contributed by atoms with Crippen molar-refractivity contribution in [2.45, 2.75) is 32.2 Å². The summed E-state index contributed by atoms with van der Waals surface area (Å²) in [6.07, 6.45) is 5.15. The van der Waals surface area contributed by atoms with E-state index < -0.39 is 0 Å². The van der Waals surface area contributed by atoms with E-state index >= 15 is 0 Å². The lowest BCUT2D eigenvalue weighted by Crippen LogP contribution is -2.18. The van der Waals surface area contributed by atoms with E-state index in [4.69, 9.17) is 5.73 Å². The Morgan fingerprint density at radius 1 is 1.00 bits per heavy atom. The first kappa shape index (κ1) is 13.0. The van der Waals surface area contributed by atoms with Gasteiger partial charge in [0.05, 0.1) is 11.4 Å². The monoisotopic (exact) mass is 266 g/mol. The van der Waals surface area contributed by atoms with Crippen LogP contribution in [0.3, 0.4) is 0 Å². The van der Waals surface area contributed by atoms with Crippen molar-refractivity contribution in [1.82, 2.24) is 0 Å². The van der Waals surface area contributed by atoms with E-state index in [1.807, 2.05) is 18.2 Å². The lowest BCUT2D eigenvalue weighted by Gasteiger charge is -2.23. The number of rotatable bonds is 3. The maximum atomic E-state index is 6.04. The zero-order valence-electron chi connectivity index (χ0n) is 12.1. The van der Waals surface area contributed by atoms with Gasteiger partial charge in [0.1, 0.15) is 0 Å². The van der Waals surface area contributed by atoms with E-state index in [1.165, 1.54) is 31.2 Å². The summed E-state index contributed by atoms with van der Waals surface area (Å²) in [6.45, 7) is 0.904. The highest BCUT2D eigenvalue weighted by molar-refractivity contribution is 5.66. The molecule has 0 aliphatic heterocycles. The van der Waals surface area contributed by atoms with Gasteiger partial charge in [-0.1, -0.05) is 30.3 Å². The van der Waals surface area contributed by atoms with E-state index in [1.54, 1.807) is 11.1 Å². The molecule has 2 heteroatoms. The Labute approximate surface area is 121 Å². The number of para-hydroxylation sites is 2. The second-order valence-corrected chi connectivity index (χ2v) is 5.73. The molecule has 3 rings (SSSR count). The molecule has 0 atom stereocenters. The van der Waals surface area contributed by atoms with Crippen molar-refractivity contribution in [3.8, 4) is 0 Å². The van der Waals surface area contributed by atoms with Gasteiger partial charge in [-0.3, -0.25) is 0 Å². The average Bonchev–Trinajstić information content (AvgIpc) is 2.47. The summed E-state index contributed by atoms with van der Waals surface area (Å²) in [5, 5.41) is 0. The molecule has 0 unspecified atom stereocenters. The van der Waals surface area contributed by atoms with Crippen molar-refractivity contribution < 1.29 is 0 Å². The molecule has 0 amide bonds. The Kier molecular flexibility index (Phi) is 3.64. The summed E-state index contributed by atoms with van der Waals surface area (Å²) >= 11 is 0. The number of aryl methyl sites for hydroxylation is 2. The first-order chi connectivity index (χ1) is 9.74. The van der Waals surface area contributed by atoms with Crippen LogP contribution in [0.5, 0.6) is 0 Å². The highest BCUT2D eigenvalue weighted by Crippen LogP contribution is 2.25. The van der Waals surface area contributed by atoms with Crippen molar-refractivity contribution in [3.05, 3.63) is 59.2 Å². The van der Waals surface area contributed by atoms with E-state index in [9.17, 15) is 0 Å². The fourth-order valence-corrected chi connectivity index (χ4v) is 3.08. The van der Waals surface area contributed by atoms with Gasteiger partial charge in [0, 0.05) is 13.6 Å². The maximum Gasteiger partial charge on any atom is 0.0600 e. The van der Waals surface area contributed by atoms with Crippen LogP contribution in [0.2, 0.25) is 0 Å². The van der Waals surface area contributed by atoms with Crippen LogP contribution in [0.15, 0.2) is 42.5 Å². The molecule has 0 bridgehead atoms. The van der Waals surface area contributed by atoms with Gasteiger partial charge in [-0.05, 0) is 54.5 Å². The molecule has 104 valence electrons. The topological polar surface area (TPSA) is 29.3 Å². The summed E-state index contributed by atoms with van der Waals surface area (Å²) in [5.74, 6) is 0. The molecule has 0 radical (unpaired) electrons. The molecular weight excluding hydrogens is 244 g/mol. The number of fused-ring (bicyclic) bond motifs is 1. The Morgan fingerprint density at radius 3 is 2.55 bits per heavy atom. The number of nitrogens with zero attached hydrogens (tertiary/aromatic N) is 1. The van der Waals surface area contributed by atoms with E-state index in [-0.39, 0.29) is 0 Å². The number of nitrogens with two attached hydrogens (primary N) is 1. The molecule has 2 aromatic carbocycles. The Bertz CT molecular complexity index is 604. The molecular formula is C18H22N2. The first-order valence-corrected chi connectivity index (χ1v) is 7.40. The SMILES string of the molecule is CN(Cc1ccc2c(c1)CCCC2)c1ccccc1N. The molecule has 0 heterocycles. The summed E-state index contributed by atoms with van der Waals surface area (Å²) < 4.78 is 0. The predicted octanol–water partition coefficient (Wildman–Crippen LogP) is 3.78. The number of hydrogen-bond donors (Lipinski definition) is 1. The zero-order valence-corrected chi connectivity index (χ0v) is 12.1. The summed E-state index contributed by atoms with van der Waals surface area (Å²) in [5.41, 5.74) is 12.4. The fraction of sp³-hybridized carbons (Fsp3) is 0.333. The first-order valence-electron chi connectivity index (χ1n) is 7.40. The molecule has 0 saturated heterocycles. The molecule has 1 aliphatic rings. The molecule has 2 aromatic rings. The number of anilines is 2. The smallest absolute Gasteiger partial charge is 0.0600 e. The van der Waals surface area contributed by atoms with Crippen LogP contribution in [-0.2, 0) is 19.4 Å². The third-order valence-electron chi connectivity index (χ3n) is 4.18. The zero-order chi connectivity index (χ0) is 13.9. The Balaban J connectivity index is 1.79. The largest absolute Gasteiger partial charge is 0.397 e. The number of benzene rings is 2. The molecule has 2 N–H and O–H groups in total. The quantitative estimate of drug-likeness (QED) is 0.857. The van der Waals surface area contributed by atoms with Gasteiger partial charge in [-0.2, -0.15) is 0 Å². The minimum absolute atomic E-state index is 0.841. The molecule has 0 fully saturated rings. The van der Waals surface area contributed by atoms with Crippen molar-refractivity contribution in [1.29, 1.82) is 0 Å². The van der Waals surface area contributed by atoms with Gasteiger partial charge in [0.2, 0.25) is 0 Å². The lowest BCUT2D eigenvalue weighted by atomic mass is 9.90. The van der Waals surface area contributed by atoms with Gasteiger partial charge in [-0.25, -0.2) is 0 Å². The molecule has 1 aliphatic carbocycles. The van der Waals surface area contributed by atoms with Crippen molar-refractivity contribution >= 4 is 11.4 Å². The number of hydrogen-bond acceptors (Lipinski definition) is 2. The van der Waals surface area contributed by atoms with E-state index in [0.717, 1.165) is 17.9 Å². The molecule has 2 nitrogen and oxygen atoms in total. The van der Waals surface area contributed by atoms with Gasteiger partial charge in [0.25, 0.3) is 0 Å². The highest BCUT2D eigenvalue weighted by Gasteiger charge is 2.11. The predicted molar refractivity (Wildman–Crippen MR) is 86.0 cm³/mol. The van der Waals surface area contributed by atoms with E-state index in [0.29, 0.717) is 0 Å². The minimum atomic E-state index is 0.841. The summed E-state index contributed by atoms with van der Waals surface area (Å²) in [6, 6.07) is 15.0. The van der Waals surface area contributed by atoms with Crippen molar-refractivity contribution in [3.63, 3.8) is 0 Å². The standard InChI is InChI=1S/C18H22N2/c1-20(18-9-5-4-8-17(18)19)13-14-10-11-15-6-2-3-7-16(15)12-14/h4-5,8-12H,2-3,6-7,13,19H2,1H3. The second kappa shape index (κ2) is 5.58. The molecule has 0 spiro atoms. The lowest BCUT2D eigenvalue weighted by molar-refractivity contribution is 0.684. The van der Waals surface area contributed by atoms with Crippen LogP contribution in [0, 0.1) is 0 Å². The highest BCUT2D eigenvalue weighted by atomic mass is 15.1. The van der Waals surface area contributed by atoms with Gasteiger partial charge in [0.15, 0.2) is 0 Å². The van der Waals surface area contributed by atoms with Gasteiger partial charge < -0.3 is 10.6 Å². The van der Waals surface area contributed by atoms with E-state index in [2.05, 4.69) is 36.2 Å². The second-order valence-electron chi connectivity index (χ2n) is 5.73. The van der Waals surface area contributed by atoms with Gasteiger partial charge >= 0.3 is 0 Å². The Hall–Kier alpha value is -1.96. The molecule has 0 saturated carbocycles. The fourth-order valence-electron chi connectivity index (χ4n) is 3.08. The van der Waals surface area contributed by atoms with Crippen LogP contribution in [0.1, 0.15) is 29.5 Å². The Morgan fingerprint density at radius 2 is 1.75 bits per heavy atom. The summed E-state index contributed by atoms with van der Waals surface area (Å²) in [4.78, 5) is 2.22.